The van der Waals surface area contributed by atoms with Crippen LogP contribution < -0.4 is 0 Å². The first-order chi connectivity index (χ1) is 8.25. The lowest BCUT2D eigenvalue weighted by Crippen LogP contribution is -2.13. The molecule has 1 aromatic rings. The maximum atomic E-state index is 11.5. The van der Waals surface area contributed by atoms with E-state index >= 15 is 0 Å². The summed E-state index contributed by atoms with van der Waals surface area (Å²) >= 11 is 5.98. The van der Waals surface area contributed by atoms with Crippen molar-refractivity contribution < 1.29 is 14.6 Å². The van der Waals surface area contributed by atoms with E-state index in [0.29, 0.717) is 12.2 Å². The molecule has 0 aliphatic rings. The fraction of sp³-hybridized carbons (Fsp3) is 0.500. The van der Waals surface area contributed by atoms with Gasteiger partial charge in [0.15, 0.2) is 0 Å². The maximum Gasteiger partial charge on any atom is 0.310 e. The van der Waals surface area contributed by atoms with Crippen molar-refractivity contribution in [2.75, 3.05) is 6.61 Å². The summed E-state index contributed by atoms with van der Waals surface area (Å²) in [5.41, 5.74) is 1.39. The van der Waals surface area contributed by atoms with Crippen LogP contribution in [0.5, 0.6) is 5.75 Å². The maximum absolute atomic E-state index is 11.5. The van der Waals surface area contributed by atoms with Gasteiger partial charge < -0.3 is 9.84 Å². The first-order valence-corrected chi connectivity index (χ1v) is 6.31. The van der Waals surface area contributed by atoms with E-state index in [1.807, 2.05) is 20.8 Å². The molecule has 1 aromatic carbocycles. The molecule has 0 saturated carbocycles. The van der Waals surface area contributed by atoms with Crippen molar-refractivity contribution in [2.45, 2.75) is 39.5 Å². The van der Waals surface area contributed by atoms with E-state index in [4.69, 9.17) is 16.3 Å². The van der Waals surface area contributed by atoms with E-state index in [2.05, 4.69) is 0 Å². The Morgan fingerprint density at radius 2 is 2.00 bits per heavy atom. The minimum absolute atomic E-state index is 0.0311. The first-order valence-electron chi connectivity index (χ1n) is 5.93. The molecule has 18 heavy (non-hydrogen) atoms. The normalized spacial score (nSPS) is 11.4. The highest BCUT2D eigenvalue weighted by atomic mass is 35.5. The molecule has 4 heteroatoms. The third kappa shape index (κ3) is 3.64. The molecule has 0 aromatic heterocycles. The summed E-state index contributed by atoms with van der Waals surface area (Å²) in [5, 5.41) is 10.1. The Morgan fingerprint density at radius 3 is 2.50 bits per heavy atom. The van der Waals surface area contributed by atoms with Crippen molar-refractivity contribution in [3.63, 3.8) is 0 Å². The van der Waals surface area contributed by atoms with Gasteiger partial charge in [0, 0.05) is 5.56 Å². The van der Waals surface area contributed by atoms with Crippen LogP contribution in [0.4, 0.5) is 0 Å². The van der Waals surface area contributed by atoms with Gasteiger partial charge in [-0.25, -0.2) is 0 Å². The standard InChI is InChI=1S/C14H19ClO3/c1-5-18-12(16)7-9-6-10(14(2,3)4)8-11(15)13(9)17/h6,8,17H,5,7H2,1-4H3. The van der Waals surface area contributed by atoms with Crippen LogP contribution in [0, 0.1) is 0 Å². The minimum Gasteiger partial charge on any atom is -0.506 e. The van der Waals surface area contributed by atoms with Crippen LogP contribution >= 0.6 is 11.6 Å². The zero-order valence-electron chi connectivity index (χ0n) is 11.2. The number of carbonyl (C=O) groups excluding carboxylic acids is 1. The summed E-state index contributed by atoms with van der Waals surface area (Å²) in [4.78, 5) is 11.5. The number of hydrogen-bond acceptors (Lipinski definition) is 3. The number of ether oxygens (including phenoxy) is 1. The Bertz CT molecular complexity index is 447. The average Bonchev–Trinajstić information content (AvgIpc) is 2.23. The Hall–Kier alpha value is -1.22. The molecule has 0 aliphatic heterocycles. The van der Waals surface area contributed by atoms with Crippen molar-refractivity contribution in [2.24, 2.45) is 0 Å². The molecule has 1 rings (SSSR count). The van der Waals surface area contributed by atoms with Gasteiger partial charge in [-0.15, -0.1) is 0 Å². The largest absolute Gasteiger partial charge is 0.506 e. The molecule has 100 valence electrons. The topological polar surface area (TPSA) is 46.5 Å². The number of phenols is 1. The Kier molecular flexibility index (Phi) is 4.63. The third-order valence-corrected chi connectivity index (χ3v) is 2.94. The highest BCUT2D eigenvalue weighted by Crippen LogP contribution is 2.34. The number of rotatable bonds is 3. The van der Waals surface area contributed by atoms with E-state index in [1.165, 1.54) is 0 Å². The first kappa shape index (κ1) is 14.8. The van der Waals surface area contributed by atoms with Crippen LogP contribution in [0.15, 0.2) is 12.1 Å². The molecule has 0 spiro atoms. The van der Waals surface area contributed by atoms with E-state index in [-0.39, 0.29) is 28.6 Å². The zero-order chi connectivity index (χ0) is 13.9. The number of esters is 1. The van der Waals surface area contributed by atoms with Crippen molar-refractivity contribution in [3.8, 4) is 5.75 Å². The van der Waals surface area contributed by atoms with Gasteiger partial charge in [0.2, 0.25) is 0 Å². The van der Waals surface area contributed by atoms with Crippen molar-refractivity contribution in [1.29, 1.82) is 0 Å². The summed E-state index contributed by atoms with van der Waals surface area (Å²) in [7, 11) is 0. The van der Waals surface area contributed by atoms with Crippen LogP contribution in [-0.2, 0) is 21.4 Å². The predicted molar refractivity (Wildman–Crippen MR) is 72.2 cm³/mol. The number of hydrogen-bond donors (Lipinski definition) is 1. The molecule has 0 aliphatic carbocycles. The van der Waals surface area contributed by atoms with Crippen LogP contribution in [0.25, 0.3) is 0 Å². The highest BCUT2D eigenvalue weighted by molar-refractivity contribution is 6.32. The van der Waals surface area contributed by atoms with Gasteiger partial charge in [0.25, 0.3) is 0 Å². The fourth-order valence-corrected chi connectivity index (χ4v) is 1.83. The molecule has 0 radical (unpaired) electrons. The van der Waals surface area contributed by atoms with Gasteiger partial charge in [0.1, 0.15) is 5.75 Å². The average molecular weight is 271 g/mol. The summed E-state index contributed by atoms with van der Waals surface area (Å²) in [6.45, 7) is 8.21. The van der Waals surface area contributed by atoms with E-state index in [9.17, 15) is 9.90 Å². The summed E-state index contributed by atoms with van der Waals surface area (Å²) in [6, 6.07) is 3.53. The number of benzene rings is 1. The molecule has 0 atom stereocenters. The molecule has 0 bridgehead atoms. The van der Waals surface area contributed by atoms with Crippen LogP contribution in [-0.4, -0.2) is 17.7 Å². The van der Waals surface area contributed by atoms with Crippen molar-refractivity contribution in [1.82, 2.24) is 0 Å². The molecule has 0 amide bonds. The van der Waals surface area contributed by atoms with E-state index < -0.39 is 0 Å². The Labute approximate surface area is 113 Å². The lowest BCUT2D eigenvalue weighted by molar-refractivity contribution is -0.142. The lowest BCUT2D eigenvalue weighted by atomic mass is 9.85. The Balaban J connectivity index is 3.11. The van der Waals surface area contributed by atoms with Crippen molar-refractivity contribution >= 4 is 17.6 Å². The molecule has 0 fully saturated rings. The Morgan fingerprint density at radius 1 is 1.39 bits per heavy atom. The molecule has 0 unspecified atom stereocenters. The van der Waals surface area contributed by atoms with E-state index in [1.54, 1.807) is 19.1 Å². The van der Waals surface area contributed by atoms with Gasteiger partial charge in [-0.2, -0.15) is 0 Å². The van der Waals surface area contributed by atoms with Gasteiger partial charge in [-0.05, 0) is 24.0 Å². The quantitative estimate of drug-likeness (QED) is 0.856. The molecule has 0 heterocycles. The molecule has 3 nitrogen and oxygen atoms in total. The molecular formula is C14H19ClO3. The molecular weight excluding hydrogens is 252 g/mol. The molecule has 0 saturated heterocycles. The second-order valence-electron chi connectivity index (χ2n) is 5.20. The number of carbonyl (C=O) groups is 1. The van der Waals surface area contributed by atoms with Crippen LogP contribution in [0.3, 0.4) is 0 Å². The minimum atomic E-state index is -0.366. The van der Waals surface area contributed by atoms with Crippen LogP contribution in [0.1, 0.15) is 38.8 Å². The van der Waals surface area contributed by atoms with Gasteiger partial charge in [-0.1, -0.05) is 38.4 Å². The monoisotopic (exact) mass is 270 g/mol. The smallest absolute Gasteiger partial charge is 0.310 e. The van der Waals surface area contributed by atoms with Crippen LogP contribution in [0.2, 0.25) is 5.02 Å². The van der Waals surface area contributed by atoms with E-state index in [0.717, 1.165) is 5.56 Å². The zero-order valence-corrected chi connectivity index (χ0v) is 12.0. The van der Waals surface area contributed by atoms with Gasteiger partial charge in [0.05, 0.1) is 18.1 Å². The fourth-order valence-electron chi connectivity index (χ4n) is 1.59. The SMILES string of the molecule is CCOC(=O)Cc1cc(C(C)(C)C)cc(Cl)c1O. The second kappa shape index (κ2) is 5.61. The predicted octanol–water partition coefficient (Wildman–Crippen LogP) is 3.45. The highest BCUT2D eigenvalue weighted by Gasteiger charge is 2.19. The number of halogens is 1. The lowest BCUT2D eigenvalue weighted by Gasteiger charge is -2.21. The van der Waals surface area contributed by atoms with Crippen molar-refractivity contribution in [3.05, 3.63) is 28.3 Å². The number of aromatic hydroxyl groups is 1. The summed E-state index contributed by atoms with van der Waals surface area (Å²) in [5.74, 6) is -0.410. The number of phenolic OH excluding ortho intramolecular Hbond substituents is 1. The summed E-state index contributed by atoms with van der Waals surface area (Å²) in [6.07, 6.45) is 0.0311. The van der Waals surface area contributed by atoms with Gasteiger partial charge >= 0.3 is 5.97 Å². The third-order valence-electron chi connectivity index (χ3n) is 2.65. The molecule has 1 N–H and O–H groups in total. The second-order valence-corrected chi connectivity index (χ2v) is 5.60. The van der Waals surface area contributed by atoms with Gasteiger partial charge in [-0.3, -0.25) is 4.79 Å². The summed E-state index contributed by atoms with van der Waals surface area (Å²) < 4.78 is 4.87.